The molecule has 0 saturated carbocycles. The summed E-state index contributed by atoms with van der Waals surface area (Å²) in [6.45, 7) is 6.06. The molecule has 0 spiro atoms. The molecule has 0 fully saturated rings. The number of carbonyl (C=O) groups is 1. The van der Waals surface area contributed by atoms with Gasteiger partial charge in [0.15, 0.2) is 0 Å². The molecule has 1 aromatic heterocycles. The number of methoxy groups -OCH3 is 1. The van der Waals surface area contributed by atoms with Gasteiger partial charge in [-0.25, -0.2) is 0 Å². The van der Waals surface area contributed by atoms with Gasteiger partial charge in [-0.05, 0) is 12.1 Å². The van der Waals surface area contributed by atoms with Crippen molar-refractivity contribution >= 4 is 5.91 Å². The fourth-order valence-corrected chi connectivity index (χ4v) is 2.24. The molecule has 94 valence electrons. The highest BCUT2D eigenvalue weighted by Crippen LogP contribution is 2.16. The molecule has 1 aromatic rings. The van der Waals surface area contributed by atoms with Gasteiger partial charge in [0.25, 0.3) is 0 Å². The molecule has 17 heavy (non-hydrogen) atoms. The Labute approximate surface area is 102 Å². The fourth-order valence-electron chi connectivity index (χ4n) is 2.24. The number of hydrogen-bond acceptors (Lipinski definition) is 2. The lowest BCUT2D eigenvalue weighted by Crippen LogP contribution is -2.39. The van der Waals surface area contributed by atoms with Crippen LogP contribution in [0.5, 0.6) is 0 Å². The van der Waals surface area contributed by atoms with Gasteiger partial charge in [-0.3, -0.25) is 4.79 Å². The molecule has 0 N–H and O–H groups in total. The predicted octanol–water partition coefficient (Wildman–Crippen LogP) is 1.50. The summed E-state index contributed by atoms with van der Waals surface area (Å²) in [7, 11) is 1.71. The number of nitrogens with zero attached hydrogens (tertiary/aromatic N) is 2. The van der Waals surface area contributed by atoms with E-state index in [9.17, 15) is 4.79 Å². The summed E-state index contributed by atoms with van der Waals surface area (Å²) in [5, 5.41) is 0. The molecular formula is C13H20N2O2. The maximum absolute atomic E-state index is 12.1. The standard InChI is InChI=1S/C13H20N2O2/c1-10(2)13(16)15-7-11-5-4-6-14(11)8-12(9-15)17-3/h4-6,10,12H,7-9H2,1-3H3. The second-order valence-electron chi connectivity index (χ2n) is 4.88. The lowest BCUT2D eigenvalue weighted by atomic mass is 10.1. The smallest absolute Gasteiger partial charge is 0.225 e. The number of ether oxygens (including phenoxy) is 1. The molecule has 0 aromatic carbocycles. The Morgan fingerprint density at radius 2 is 2.24 bits per heavy atom. The van der Waals surface area contributed by atoms with Crippen LogP contribution in [0.2, 0.25) is 0 Å². The molecule has 1 atom stereocenters. The van der Waals surface area contributed by atoms with Crippen molar-refractivity contribution in [3.8, 4) is 0 Å². The molecule has 1 aliphatic heterocycles. The molecule has 1 unspecified atom stereocenters. The summed E-state index contributed by atoms with van der Waals surface area (Å²) in [6.07, 6.45) is 2.12. The molecule has 4 nitrogen and oxygen atoms in total. The Kier molecular flexibility index (Phi) is 3.52. The molecule has 0 bridgehead atoms. The molecular weight excluding hydrogens is 216 g/mol. The first kappa shape index (κ1) is 12.2. The topological polar surface area (TPSA) is 34.5 Å². The molecule has 0 aliphatic carbocycles. The summed E-state index contributed by atoms with van der Waals surface area (Å²) in [4.78, 5) is 14.0. The minimum atomic E-state index is 0.0361. The van der Waals surface area contributed by atoms with Crippen molar-refractivity contribution in [1.82, 2.24) is 9.47 Å². The minimum absolute atomic E-state index is 0.0361. The van der Waals surface area contributed by atoms with Crippen LogP contribution >= 0.6 is 0 Å². The summed E-state index contributed by atoms with van der Waals surface area (Å²) >= 11 is 0. The first-order valence-corrected chi connectivity index (χ1v) is 6.07. The number of aromatic nitrogens is 1. The predicted molar refractivity (Wildman–Crippen MR) is 65.5 cm³/mol. The van der Waals surface area contributed by atoms with Crippen LogP contribution in [0.15, 0.2) is 18.3 Å². The Hall–Kier alpha value is -1.29. The fraction of sp³-hybridized carbons (Fsp3) is 0.615. The van der Waals surface area contributed by atoms with Crippen molar-refractivity contribution in [1.29, 1.82) is 0 Å². The van der Waals surface area contributed by atoms with E-state index in [1.807, 2.05) is 31.0 Å². The van der Waals surface area contributed by atoms with Gasteiger partial charge in [-0.15, -0.1) is 0 Å². The van der Waals surface area contributed by atoms with Gasteiger partial charge in [-0.2, -0.15) is 0 Å². The van der Waals surface area contributed by atoms with E-state index < -0.39 is 0 Å². The van der Waals surface area contributed by atoms with Crippen LogP contribution in [-0.4, -0.2) is 35.1 Å². The molecule has 1 amide bonds. The average Bonchev–Trinajstić information content (AvgIpc) is 2.65. The van der Waals surface area contributed by atoms with Crippen LogP contribution < -0.4 is 0 Å². The van der Waals surface area contributed by atoms with Crippen LogP contribution in [0.1, 0.15) is 19.5 Å². The summed E-state index contributed by atoms with van der Waals surface area (Å²) in [5.74, 6) is 0.232. The van der Waals surface area contributed by atoms with E-state index in [-0.39, 0.29) is 17.9 Å². The third-order valence-corrected chi connectivity index (χ3v) is 3.24. The van der Waals surface area contributed by atoms with E-state index in [0.29, 0.717) is 13.1 Å². The zero-order valence-corrected chi connectivity index (χ0v) is 10.7. The van der Waals surface area contributed by atoms with E-state index in [1.54, 1.807) is 7.11 Å². The molecule has 4 heteroatoms. The second kappa shape index (κ2) is 4.92. The van der Waals surface area contributed by atoms with E-state index in [4.69, 9.17) is 4.74 Å². The highest BCUT2D eigenvalue weighted by molar-refractivity contribution is 5.78. The van der Waals surface area contributed by atoms with Crippen LogP contribution in [0.4, 0.5) is 0 Å². The van der Waals surface area contributed by atoms with Crippen molar-refractivity contribution in [2.45, 2.75) is 33.0 Å². The van der Waals surface area contributed by atoms with Crippen LogP contribution in [0.25, 0.3) is 0 Å². The summed E-state index contributed by atoms with van der Waals surface area (Å²) < 4.78 is 7.61. The summed E-state index contributed by atoms with van der Waals surface area (Å²) in [5.41, 5.74) is 1.18. The second-order valence-corrected chi connectivity index (χ2v) is 4.88. The van der Waals surface area contributed by atoms with Crippen LogP contribution in [-0.2, 0) is 22.6 Å². The van der Waals surface area contributed by atoms with Gasteiger partial charge < -0.3 is 14.2 Å². The number of hydrogen-bond donors (Lipinski definition) is 0. The average molecular weight is 236 g/mol. The highest BCUT2D eigenvalue weighted by atomic mass is 16.5. The monoisotopic (exact) mass is 236 g/mol. The quantitative estimate of drug-likeness (QED) is 0.780. The lowest BCUT2D eigenvalue weighted by molar-refractivity contribution is -0.136. The highest BCUT2D eigenvalue weighted by Gasteiger charge is 2.25. The minimum Gasteiger partial charge on any atom is -0.378 e. The zero-order valence-electron chi connectivity index (χ0n) is 10.7. The molecule has 0 radical (unpaired) electrons. The van der Waals surface area contributed by atoms with Crippen molar-refractivity contribution in [3.63, 3.8) is 0 Å². The van der Waals surface area contributed by atoms with Gasteiger partial charge >= 0.3 is 0 Å². The lowest BCUT2D eigenvalue weighted by Gasteiger charge is -2.25. The number of amides is 1. The van der Waals surface area contributed by atoms with Crippen molar-refractivity contribution in [2.24, 2.45) is 5.92 Å². The molecule has 1 aliphatic rings. The number of carbonyl (C=O) groups excluding carboxylic acids is 1. The van der Waals surface area contributed by atoms with Gasteiger partial charge in [0.2, 0.25) is 5.91 Å². The first-order chi connectivity index (χ1) is 8.11. The SMILES string of the molecule is COC1CN(C(=O)C(C)C)Cc2cccn2C1. The molecule has 2 heterocycles. The Bertz CT molecular complexity index is 398. The van der Waals surface area contributed by atoms with Gasteiger partial charge in [0.1, 0.15) is 0 Å². The Morgan fingerprint density at radius 3 is 2.88 bits per heavy atom. The van der Waals surface area contributed by atoms with E-state index in [1.165, 1.54) is 5.69 Å². The first-order valence-electron chi connectivity index (χ1n) is 6.07. The van der Waals surface area contributed by atoms with Crippen LogP contribution in [0.3, 0.4) is 0 Å². The van der Waals surface area contributed by atoms with Crippen LogP contribution in [0, 0.1) is 5.92 Å². The van der Waals surface area contributed by atoms with Gasteiger partial charge in [-0.1, -0.05) is 13.8 Å². The van der Waals surface area contributed by atoms with Gasteiger partial charge in [0.05, 0.1) is 19.2 Å². The largest absolute Gasteiger partial charge is 0.378 e. The maximum Gasteiger partial charge on any atom is 0.225 e. The third-order valence-electron chi connectivity index (χ3n) is 3.24. The van der Waals surface area contributed by atoms with Gasteiger partial charge in [0, 0.05) is 31.5 Å². The Morgan fingerprint density at radius 1 is 1.47 bits per heavy atom. The normalized spacial score (nSPS) is 20.2. The van der Waals surface area contributed by atoms with E-state index in [0.717, 1.165) is 6.54 Å². The Balaban J connectivity index is 2.22. The van der Waals surface area contributed by atoms with Crippen molar-refractivity contribution in [3.05, 3.63) is 24.0 Å². The molecule has 0 saturated heterocycles. The van der Waals surface area contributed by atoms with E-state index in [2.05, 4.69) is 10.6 Å². The van der Waals surface area contributed by atoms with E-state index >= 15 is 0 Å². The third kappa shape index (κ3) is 2.52. The molecule has 2 rings (SSSR count). The maximum atomic E-state index is 12.1. The number of rotatable bonds is 2. The zero-order chi connectivity index (χ0) is 12.4. The van der Waals surface area contributed by atoms with Crippen molar-refractivity contribution in [2.75, 3.05) is 13.7 Å². The number of fused-ring (bicyclic) bond motifs is 1. The summed E-state index contributed by atoms with van der Waals surface area (Å²) in [6, 6.07) is 4.09. The van der Waals surface area contributed by atoms with Crippen molar-refractivity contribution < 1.29 is 9.53 Å².